The van der Waals surface area contributed by atoms with Crippen LogP contribution in [0.15, 0.2) is 4.99 Å². The third-order valence-corrected chi connectivity index (χ3v) is 8.18. The molecule has 0 aromatic rings. The summed E-state index contributed by atoms with van der Waals surface area (Å²) in [6.07, 6.45) is 8.57. The fourth-order valence-corrected chi connectivity index (χ4v) is 6.74. The van der Waals surface area contributed by atoms with Gasteiger partial charge in [-0.25, -0.2) is 0 Å². The van der Waals surface area contributed by atoms with E-state index < -0.39 is 0 Å². The summed E-state index contributed by atoms with van der Waals surface area (Å²) in [6.45, 7) is 6.54. The van der Waals surface area contributed by atoms with Gasteiger partial charge in [0.2, 0.25) is 0 Å². The maximum atomic E-state index is 6.06. The van der Waals surface area contributed by atoms with Gasteiger partial charge in [-0.2, -0.15) is 0 Å². The van der Waals surface area contributed by atoms with Gasteiger partial charge in [-0.05, 0) is 32.1 Å². The first-order chi connectivity index (χ1) is 12.1. The van der Waals surface area contributed by atoms with Crippen molar-refractivity contribution in [2.75, 3.05) is 20.3 Å². The Labute approximate surface area is 151 Å². The lowest BCUT2D eigenvalue weighted by molar-refractivity contribution is -0.189. The van der Waals surface area contributed by atoms with Crippen LogP contribution in [0.5, 0.6) is 0 Å². The van der Waals surface area contributed by atoms with Gasteiger partial charge in [0.25, 0.3) is 0 Å². The van der Waals surface area contributed by atoms with Gasteiger partial charge in [-0.15, -0.1) is 0 Å². The Bertz CT molecular complexity index is 571. The van der Waals surface area contributed by atoms with Crippen LogP contribution in [-0.2, 0) is 9.47 Å². The molecule has 6 unspecified atom stereocenters. The fourth-order valence-electron chi connectivity index (χ4n) is 6.74. The fraction of sp³-hybridized carbons (Fsp3) is 0.950. The third-order valence-electron chi connectivity index (χ3n) is 8.18. The van der Waals surface area contributed by atoms with Crippen LogP contribution in [0.3, 0.4) is 0 Å². The molecule has 1 spiro atoms. The summed E-state index contributed by atoms with van der Waals surface area (Å²) in [7, 11) is 1.91. The standard InChI is InChI=1S/C20H33N3O2/c1-19(2)14(12-6-4-10-24-16(12)19)22-18(21-3)23-15-13-7-11-25-17(13)20(15)8-5-9-20/h12-17H,4-11H2,1-3H3,(H2,21,22,23). The summed E-state index contributed by atoms with van der Waals surface area (Å²) in [5.74, 6) is 2.30. The van der Waals surface area contributed by atoms with E-state index in [1.165, 1.54) is 38.5 Å². The molecule has 140 valence electrons. The number of aliphatic imine (C=N–C) groups is 1. The maximum Gasteiger partial charge on any atom is 0.191 e. The number of hydrogen-bond acceptors (Lipinski definition) is 3. The van der Waals surface area contributed by atoms with Crippen molar-refractivity contribution in [3.8, 4) is 0 Å². The quantitative estimate of drug-likeness (QED) is 0.595. The van der Waals surface area contributed by atoms with E-state index in [1.54, 1.807) is 0 Å². The average Bonchev–Trinajstić information content (AvgIpc) is 2.98. The van der Waals surface area contributed by atoms with E-state index in [0.29, 0.717) is 41.5 Å². The lowest BCUT2D eigenvalue weighted by Gasteiger charge is -2.64. The molecule has 3 saturated carbocycles. The highest BCUT2D eigenvalue weighted by molar-refractivity contribution is 5.81. The largest absolute Gasteiger partial charge is 0.377 e. The average molecular weight is 348 g/mol. The Morgan fingerprint density at radius 2 is 1.64 bits per heavy atom. The Kier molecular flexibility index (Phi) is 3.66. The second-order valence-corrected chi connectivity index (χ2v) is 9.57. The van der Waals surface area contributed by atoms with Gasteiger partial charge in [-0.3, -0.25) is 4.99 Å². The van der Waals surface area contributed by atoms with E-state index in [-0.39, 0.29) is 5.41 Å². The Morgan fingerprint density at radius 3 is 2.36 bits per heavy atom. The molecule has 3 aliphatic carbocycles. The lowest BCUT2D eigenvalue weighted by Crippen LogP contribution is -2.75. The summed E-state index contributed by atoms with van der Waals surface area (Å²) in [5, 5.41) is 7.59. The molecule has 0 aromatic heterocycles. The van der Waals surface area contributed by atoms with Crippen LogP contribution >= 0.6 is 0 Å². The van der Waals surface area contributed by atoms with Gasteiger partial charge in [-0.1, -0.05) is 20.3 Å². The molecular weight excluding hydrogens is 314 g/mol. The summed E-state index contributed by atoms with van der Waals surface area (Å²) in [4.78, 5) is 4.59. The number of ether oxygens (including phenoxy) is 2. The van der Waals surface area contributed by atoms with Crippen LogP contribution < -0.4 is 10.6 Å². The van der Waals surface area contributed by atoms with Crippen LogP contribution in [0.1, 0.15) is 52.4 Å². The second kappa shape index (κ2) is 5.59. The van der Waals surface area contributed by atoms with Crippen LogP contribution in [0, 0.1) is 22.7 Å². The second-order valence-electron chi connectivity index (χ2n) is 9.57. The van der Waals surface area contributed by atoms with Crippen LogP contribution in [-0.4, -0.2) is 50.5 Å². The van der Waals surface area contributed by atoms with Crippen molar-refractivity contribution in [3.05, 3.63) is 0 Å². The van der Waals surface area contributed by atoms with Crippen molar-refractivity contribution in [1.29, 1.82) is 0 Å². The lowest BCUT2D eigenvalue weighted by atomic mass is 9.46. The molecule has 5 heteroatoms. The van der Waals surface area contributed by atoms with Crippen molar-refractivity contribution >= 4 is 5.96 Å². The predicted octanol–water partition coefficient (Wildman–Crippen LogP) is 2.31. The topological polar surface area (TPSA) is 54.9 Å². The number of hydrogen-bond donors (Lipinski definition) is 2. The summed E-state index contributed by atoms with van der Waals surface area (Å²) in [6, 6.07) is 0.999. The van der Waals surface area contributed by atoms with E-state index in [1.807, 2.05) is 7.05 Å². The van der Waals surface area contributed by atoms with Crippen molar-refractivity contribution in [3.63, 3.8) is 0 Å². The molecule has 2 N–H and O–H groups in total. The molecule has 25 heavy (non-hydrogen) atoms. The van der Waals surface area contributed by atoms with Crippen molar-refractivity contribution < 1.29 is 9.47 Å². The zero-order chi connectivity index (χ0) is 17.2. The predicted molar refractivity (Wildman–Crippen MR) is 97.6 cm³/mol. The minimum Gasteiger partial charge on any atom is -0.377 e. The van der Waals surface area contributed by atoms with E-state index in [4.69, 9.17) is 9.47 Å². The minimum atomic E-state index is 0.176. The zero-order valence-electron chi connectivity index (χ0n) is 15.9. The molecule has 6 atom stereocenters. The van der Waals surface area contributed by atoms with Crippen LogP contribution in [0.4, 0.5) is 0 Å². The molecule has 0 amide bonds. The third kappa shape index (κ3) is 2.11. The van der Waals surface area contributed by atoms with Crippen molar-refractivity contribution in [2.24, 2.45) is 27.7 Å². The molecule has 2 saturated heterocycles. The van der Waals surface area contributed by atoms with E-state index >= 15 is 0 Å². The molecule has 0 bridgehead atoms. The highest BCUT2D eigenvalue weighted by atomic mass is 16.5. The summed E-state index contributed by atoms with van der Waals surface area (Å²) in [5.41, 5.74) is 0.569. The Hall–Kier alpha value is -0.810. The molecule has 5 fully saturated rings. The maximum absolute atomic E-state index is 6.06. The number of rotatable bonds is 2. The Morgan fingerprint density at radius 1 is 0.920 bits per heavy atom. The summed E-state index contributed by atoms with van der Waals surface area (Å²) >= 11 is 0. The van der Waals surface area contributed by atoms with Gasteiger partial charge >= 0.3 is 0 Å². The van der Waals surface area contributed by atoms with Gasteiger partial charge in [0.05, 0.1) is 12.2 Å². The monoisotopic (exact) mass is 347 g/mol. The summed E-state index contributed by atoms with van der Waals surface area (Å²) < 4.78 is 12.1. The van der Waals surface area contributed by atoms with E-state index in [9.17, 15) is 0 Å². The van der Waals surface area contributed by atoms with E-state index in [2.05, 4.69) is 29.5 Å². The first kappa shape index (κ1) is 16.4. The van der Waals surface area contributed by atoms with Crippen molar-refractivity contribution in [1.82, 2.24) is 10.6 Å². The molecule has 5 rings (SSSR count). The van der Waals surface area contributed by atoms with Crippen LogP contribution in [0.25, 0.3) is 0 Å². The van der Waals surface area contributed by atoms with Crippen LogP contribution in [0.2, 0.25) is 0 Å². The molecule has 0 aromatic carbocycles. The van der Waals surface area contributed by atoms with Crippen molar-refractivity contribution in [2.45, 2.75) is 76.7 Å². The highest BCUT2D eigenvalue weighted by Gasteiger charge is 2.67. The molecule has 2 heterocycles. The van der Waals surface area contributed by atoms with Gasteiger partial charge in [0.15, 0.2) is 5.96 Å². The molecule has 2 aliphatic heterocycles. The Balaban J connectivity index is 1.27. The van der Waals surface area contributed by atoms with Gasteiger partial charge in [0.1, 0.15) is 0 Å². The minimum absolute atomic E-state index is 0.176. The zero-order valence-corrected chi connectivity index (χ0v) is 15.9. The first-order valence-corrected chi connectivity index (χ1v) is 10.3. The van der Waals surface area contributed by atoms with Gasteiger partial charge in [0, 0.05) is 55.0 Å². The SMILES string of the molecule is CN=C(NC1C2CCCOC2C1(C)C)NC1C2CCOC2C12CCC2. The van der Waals surface area contributed by atoms with E-state index in [0.717, 1.165) is 19.2 Å². The molecule has 5 nitrogen and oxygen atoms in total. The molecule has 0 radical (unpaired) electrons. The smallest absolute Gasteiger partial charge is 0.191 e. The highest BCUT2D eigenvalue weighted by Crippen LogP contribution is 2.62. The number of guanidine groups is 1. The number of nitrogens with zero attached hydrogens (tertiary/aromatic N) is 1. The number of fused-ring (bicyclic) bond motifs is 3. The normalized spacial score (nSPS) is 46.3. The molecular formula is C20H33N3O2. The van der Waals surface area contributed by atoms with Gasteiger partial charge < -0.3 is 20.1 Å². The first-order valence-electron chi connectivity index (χ1n) is 10.3. The number of nitrogens with one attached hydrogen (secondary N) is 2. The molecule has 5 aliphatic rings.